The number of amides is 1. The lowest BCUT2D eigenvalue weighted by atomic mass is 9.95. The molecule has 20 heavy (non-hydrogen) atoms. The second-order valence-corrected chi connectivity index (χ2v) is 6.01. The van der Waals surface area contributed by atoms with Crippen molar-refractivity contribution >= 4 is 5.91 Å². The van der Waals surface area contributed by atoms with Gasteiger partial charge < -0.3 is 10.3 Å². The average molecular weight is 266 g/mol. The first-order valence-corrected chi connectivity index (χ1v) is 7.29. The summed E-state index contributed by atoms with van der Waals surface area (Å²) in [7, 11) is 0. The van der Waals surface area contributed by atoms with Crippen molar-refractivity contribution in [3.63, 3.8) is 0 Å². The van der Waals surface area contributed by atoms with E-state index in [1.165, 1.54) is 30.4 Å². The molecule has 0 unspecified atom stereocenters. The van der Waals surface area contributed by atoms with Crippen molar-refractivity contribution in [2.45, 2.75) is 24.7 Å². The second-order valence-electron chi connectivity index (χ2n) is 6.01. The minimum absolute atomic E-state index is 0.00309. The van der Waals surface area contributed by atoms with Gasteiger partial charge in [0.2, 0.25) is 0 Å². The summed E-state index contributed by atoms with van der Waals surface area (Å²) in [5.74, 6) is 0.605. The molecule has 0 saturated heterocycles. The largest absolute Gasteiger partial charge is 0.357 e. The van der Waals surface area contributed by atoms with Crippen LogP contribution in [0, 0.1) is 5.92 Å². The molecule has 1 fully saturated rings. The normalized spacial score (nSPS) is 26.5. The summed E-state index contributed by atoms with van der Waals surface area (Å²) in [5, 5.41) is 3.06. The highest BCUT2D eigenvalue weighted by Gasteiger charge is 2.57. The van der Waals surface area contributed by atoms with Crippen molar-refractivity contribution in [2.75, 3.05) is 6.54 Å². The Kier molecular flexibility index (Phi) is 2.49. The average Bonchev–Trinajstić information content (AvgIpc) is 2.83. The van der Waals surface area contributed by atoms with Crippen LogP contribution < -0.4 is 5.32 Å². The molecule has 2 aromatic rings. The summed E-state index contributed by atoms with van der Waals surface area (Å²) in [6, 6.07) is 12.4. The fraction of sp³-hybridized carbons (Fsp3) is 0.353. The number of aromatic nitrogens is 1. The van der Waals surface area contributed by atoms with Gasteiger partial charge in [-0.25, -0.2) is 0 Å². The van der Waals surface area contributed by atoms with Crippen molar-refractivity contribution in [1.29, 1.82) is 0 Å². The summed E-state index contributed by atoms with van der Waals surface area (Å²) in [4.78, 5) is 14.9. The summed E-state index contributed by atoms with van der Waals surface area (Å²) in [6.07, 6.45) is 5.43. The molecule has 1 amide bonds. The Balaban J connectivity index is 1.43. The molecule has 4 rings (SSSR count). The van der Waals surface area contributed by atoms with E-state index in [-0.39, 0.29) is 5.91 Å². The molecular weight excluding hydrogens is 248 g/mol. The van der Waals surface area contributed by atoms with E-state index >= 15 is 0 Å². The number of rotatable bonds is 3. The van der Waals surface area contributed by atoms with Crippen LogP contribution in [0.5, 0.6) is 0 Å². The molecule has 1 spiro atoms. The molecule has 1 aromatic heterocycles. The van der Waals surface area contributed by atoms with Crippen LogP contribution in [0.1, 0.15) is 34.5 Å². The van der Waals surface area contributed by atoms with Crippen LogP contribution >= 0.6 is 0 Å². The molecule has 2 atom stereocenters. The summed E-state index contributed by atoms with van der Waals surface area (Å²) in [6.45, 7) is 0.784. The van der Waals surface area contributed by atoms with E-state index in [0.29, 0.717) is 17.0 Å². The van der Waals surface area contributed by atoms with Crippen molar-refractivity contribution in [2.24, 2.45) is 5.92 Å². The zero-order valence-electron chi connectivity index (χ0n) is 11.4. The number of fused-ring (bicyclic) bond motifs is 2. The number of hydrogen-bond acceptors (Lipinski definition) is 1. The van der Waals surface area contributed by atoms with Crippen LogP contribution in [0.4, 0.5) is 0 Å². The lowest BCUT2D eigenvalue weighted by molar-refractivity contribution is 0.0946. The maximum Gasteiger partial charge on any atom is 0.267 e. The monoisotopic (exact) mass is 266 g/mol. The maximum atomic E-state index is 11.9. The number of benzene rings is 1. The highest BCUT2D eigenvalue weighted by molar-refractivity contribution is 5.92. The van der Waals surface area contributed by atoms with E-state index in [9.17, 15) is 4.79 Å². The fourth-order valence-corrected chi connectivity index (χ4v) is 3.78. The minimum atomic E-state index is 0.00309. The Labute approximate surface area is 118 Å². The molecule has 2 N–H and O–H groups in total. The number of aryl methyl sites for hydroxylation is 1. The molecule has 3 heteroatoms. The third-order valence-corrected chi connectivity index (χ3v) is 4.98. The van der Waals surface area contributed by atoms with Gasteiger partial charge in [-0.2, -0.15) is 0 Å². The molecule has 102 valence electrons. The van der Waals surface area contributed by atoms with E-state index in [0.717, 1.165) is 6.54 Å². The molecular formula is C17H18N2O. The zero-order valence-corrected chi connectivity index (χ0v) is 11.4. The molecule has 1 aromatic carbocycles. The van der Waals surface area contributed by atoms with Crippen LogP contribution in [0.25, 0.3) is 0 Å². The van der Waals surface area contributed by atoms with Gasteiger partial charge in [-0.15, -0.1) is 0 Å². The fourth-order valence-electron chi connectivity index (χ4n) is 3.78. The molecule has 0 aliphatic heterocycles. The number of hydrogen-bond donors (Lipinski definition) is 2. The highest BCUT2D eigenvalue weighted by Crippen LogP contribution is 2.61. The van der Waals surface area contributed by atoms with Crippen molar-refractivity contribution in [3.05, 3.63) is 59.4 Å². The Morgan fingerprint density at radius 2 is 2.20 bits per heavy atom. The van der Waals surface area contributed by atoms with Crippen LogP contribution in [0.15, 0.2) is 42.6 Å². The van der Waals surface area contributed by atoms with Crippen LogP contribution in [-0.4, -0.2) is 17.4 Å². The van der Waals surface area contributed by atoms with Gasteiger partial charge in [-0.1, -0.05) is 24.3 Å². The molecule has 1 heterocycles. The zero-order chi connectivity index (χ0) is 13.6. The van der Waals surface area contributed by atoms with Gasteiger partial charge >= 0.3 is 0 Å². The van der Waals surface area contributed by atoms with Crippen molar-refractivity contribution in [1.82, 2.24) is 10.3 Å². The van der Waals surface area contributed by atoms with Gasteiger partial charge in [0.05, 0.1) is 0 Å². The van der Waals surface area contributed by atoms with Gasteiger partial charge in [-0.3, -0.25) is 4.79 Å². The third kappa shape index (κ3) is 1.69. The smallest absolute Gasteiger partial charge is 0.267 e. The number of aromatic amines is 1. The van der Waals surface area contributed by atoms with Crippen LogP contribution in [0.3, 0.4) is 0 Å². The van der Waals surface area contributed by atoms with E-state index in [4.69, 9.17) is 0 Å². The molecule has 2 aliphatic rings. The van der Waals surface area contributed by atoms with Gasteiger partial charge in [0.25, 0.3) is 5.91 Å². The van der Waals surface area contributed by atoms with Crippen LogP contribution in [0.2, 0.25) is 0 Å². The van der Waals surface area contributed by atoms with E-state index in [1.807, 2.05) is 12.1 Å². The Bertz CT molecular complexity index is 647. The quantitative estimate of drug-likeness (QED) is 0.881. The van der Waals surface area contributed by atoms with Crippen molar-refractivity contribution in [3.8, 4) is 0 Å². The predicted molar refractivity (Wildman–Crippen MR) is 77.7 cm³/mol. The topological polar surface area (TPSA) is 44.9 Å². The van der Waals surface area contributed by atoms with E-state index in [2.05, 4.69) is 34.6 Å². The first-order chi connectivity index (χ1) is 9.79. The number of nitrogens with one attached hydrogen (secondary N) is 2. The van der Waals surface area contributed by atoms with Crippen LogP contribution in [-0.2, 0) is 11.8 Å². The first kappa shape index (κ1) is 11.8. The van der Waals surface area contributed by atoms with E-state index in [1.54, 1.807) is 6.20 Å². The summed E-state index contributed by atoms with van der Waals surface area (Å²) < 4.78 is 0. The molecule has 3 nitrogen and oxygen atoms in total. The number of carbonyl (C=O) groups excluding carboxylic acids is 1. The van der Waals surface area contributed by atoms with Gasteiger partial charge in [0, 0.05) is 18.2 Å². The lowest BCUT2D eigenvalue weighted by Crippen LogP contribution is -2.27. The second kappa shape index (κ2) is 4.23. The summed E-state index contributed by atoms with van der Waals surface area (Å²) in [5.41, 5.74) is 4.04. The standard InChI is InChI=1S/C17H18N2O/c20-16(15-6-3-9-18-15)19-11-13-10-17(13)8-7-12-4-1-2-5-14(12)17/h1-6,9,13,18H,7-8,10-11H2,(H,19,20)/t13-,17+/m0/s1. The third-order valence-electron chi connectivity index (χ3n) is 4.98. The number of carbonyl (C=O) groups is 1. The van der Waals surface area contributed by atoms with E-state index < -0.39 is 0 Å². The van der Waals surface area contributed by atoms with Crippen molar-refractivity contribution < 1.29 is 4.79 Å². The Morgan fingerprint density at radius 1 is 1.30 bits per heavy atom. The number of H-pyrrole nitrogens is 1. The highest BCUT2D eigenvalue weighted by atomic mass is 16.1. The molecule has 1 saturated carbocycles. The lowest BCUT2D eigenvalue weighted by Gasteiger charge is -2.12. The minimum Gasteiger partial charge on any atom is -0.357 e. The molecule has 0 bridgehead atoms. The van der Waals surface area contributed by atoms with Gasteiger partial charge in [0.1, 0.15) is 5.69 Å². The van der Waals surface area contributed by atoms with Gasteiger partial charge in [0.15, 0.2) is 0 Å². The Hall–Kier alpha value is -2.03. The van der Waals surface area contributed by atoms with Gasteiger partial charge in [-0.05, 0) is 48.4 Å². The predicted octanol–water partition coefficient (Wildman–Crippen LogP) is 2.65. The summed E-state index contributed by atoms with van der Waals surface area (Å²) >= 11 is 0. The Morgan fingerprint density at radius 3 is 3.05 bits per heavy atom. The SMILES string of the molecule is O=C(NC[C@@H]1C[C@]12CCc1ccccc12)c1ccc[nH]1. The maximum absolute atomic E-state index is 11.9. The molecule has 0 radical (unpaired) electrons. The first-order valence-electron chi connectivity index (χ1n) is 7.29. The molecule has 2 aliphatic carbocycles.